The lowest BCUT2D eigenvalue weighted by Crippen LogP contribution is -2.37. The van der Waals surface area contributed by atoms with Crippen molar-refractivity contribution < 1.29 is 14.0 Å². The molecule has 1 N–H and O–H groups in total. The number of carbonyl (C=O) groups excluding carboxylic acids is 2. The van der Waals surface area contributed by atoms with E-state index in [0.29, 0.717) is 12.2 Å². The maximum atomic E-state index is 13.0. The van der Waals surface area contributed by atoms with Gasteiger partial charge in [0, 0.05) is 12.2 Å². The van der Waals surface area contributed by atoms with Crippen molar-refractivity contribution in [2.45, 2.75) is 18.9 Å². The van der Waals surface area contributed by atoms with Crippen LogP contribution in [0.3, 0.4) is 0 Å². The van der Waals surface area contributed by atoms with E-state index in [9.17, 15) is 14.0 Å². The van der Waals surface area contributed by atoms with E-state index in [2.05, 4.69) is 5.32 Å². The molecule has 1 unspecified atom stereocenters. The molecule has 2 saturated heterocycles. The Labute approximate surface area is 120 Å². The van der Waals surface area contributed by atoms with Gasteiger partial charge in [-0.25, -0.2) is 14.1 Å². The summed E-state index contributed by atoms with van der Waals surface area (Å²) in [5.41, 5.74) is 0.559. The molecule has 2 aliphatic heterocycles. The number of halogens is 2. The summed E-state index contributed by atoms with van der Waals surface area (Å²) in [6, 6.07) is 3.59. The lowest BCUT2D eigenvalue weighted by Gasteiger charge is -2.17. The number of hydrogen-bond donors (Lipinski definition) is 1. The van der Waals surface area contributed by atoms with E-state index >= 15 is 0 Å². The standard InChI is InChI=1S/C13H13ClFN3O2/c14-9-6-8(3-4-10(9)15)16-7-18-12(19)11-2-1-5-17(11)13(18)20/h3-4,6,11,16H,1-2,5,7H2. The summed E-state index contributed by atoms with van der Waals surface area (Å²) in [6.07, 6.45) is 1.60. The number of nitrogens with zero attached hydrogens (tertiary/aromatic N) is 2. The first-order valence-electron chi connectivity index (χ1n) is 6.39. The van der Waals surface area contributed by atoms with Gasteiger partial charge in [0.1, 0.15) is 11.9 Å². The molecule has 0 aromatic heterocycles. The Kier molecular flexibility index (Phi) is 3.25. The number of rotatable bonds is 3. The molecule has 2 heterocycles. The Morgan fingerprint density at radius 3 is 2.90 bits per heavy atom. The normalized spacial score (nSPS) is 21.6. The van der Waals surface area contributed by atoms with Crippen LogP contribution in [-0.4, -0.2) is 41.0 Å². The molecule has 2 fully saturated rings. The van der Waals surface area contributed by atoms with Crippen LogP contribution >= 0.6 is 11.6 Å². The third-order valence-corrected chi connectivity index (χ3v) is 3.93. The molecular weight excluding hydrogens is 285 g/mol. The molecule has 0 spiro atoms. The van der Waals surface area contributed by atoms with Crippen molar-refractivity contribution in [3.8, 4) is 0 Å². The van der Waals surface area contributed by atoms with Crippen LogP contribution < -0.4 is 5.32 Å². The molecule has 1 atom stereocenters. The van der Waals surface area contributed by atoms with Gasteiger partial charge in [-0.2, -0.15) is 0 Å². The summed E-state index contributed by atoms with van der Waals surface area (Å²) in [5.74, 6) is -0.681. The quantitative estimate of drug-likeness (QED) is 0.871. The number of urea groups is 1. The number of imide groups is 1. The number of benzene rings is 1. The molecule has 0 bridgehead atoms. The zero-order chi connectivity index (χ0) is 14.3. The molecule has 1 aromatic rings. The average Bonchev–Trinajstić information content (AvgIpc) is 2.98. The largest absolute Gasteiger partial charge is 0.367 e. The molecule has 7 heteroatoms. The summed E-state index contributed by atoms with van der Waals surface area (Å²) in [5, 5.41) is 2.91. The highest BCUT2D eigenvalue weighted by Gasteiger charge is 2.47. The van der Waals surface area contributed by atoms with Crippen LogP contribution in [0, 0.1) is 5.82 Å². The first-order chi connectivity index (χ1) is 9.58. The Hall–Kier alpha value is -1.82. The Balaban J connectivity index is 1.68. The van der Waals surface area contributed by atoms with Crippen LogP contribution in [0.25, 0.3) is 0 Å². The number of nitrogens with one attached hydrogen (secondary N) is 1. The predicted molar refractivity (Wildman–Crippen MR) is 71.9 cm³/mol. The second-order valence-corrected chi connectivity index (χ2v) is 5.27. The van der Waals surface area contributed by atoms with Crippen LogP contribution in [0.5, 0.6) is 0 Å². The molecular formula is C13H13ClFN3O2. The van der Waals surface area contributed by atoms with Crippen molar-refractivity contribution in [2.24, 2.45) is 0 Å². The van der Waals surface area contributed by atoms with Crippen LogP contribution in [-0.2, 0) is 4.79 Å². The van der Waals surface area contributed by atoms with E-state index in [1.807, 2.05) is 0 Å². The summed E-state index contributed by atoms with van der Waals surface area (Å²) in [7, 11) is 0. The van der Waals surface area contributed by atoms with Gasteiger partial charge in [0.25, 0.3) is 5.91 Å². The molecule has 20 heavy (non-hydrogen) atoms. The molecule has 3 rings (SSSR count). The van der Waals surface area contributed by atoms with Gasteiger partial charge in [0.2, 0.25) is 0 Å². The van der Waals surface area contributed by atoms with Crippen molar-refractivity contribution in [3.05, 3.63) is 29.0 Å². The Morgan fingerprint density at radius 1 is 1.40 bits per heavy atom. The molecule has 3 amide bonds. The third-order valence-electron chi connectivity index (χ3n) is 3.64. The SMILES string of the molecule is O=C1C2CCCN2C(=O)N1CNc1ccc(F)c(Cl)c1. The minimum atomic E-state index is -0.508. The van der Waals surface area contributed by atoms with Crippen LogP contribution in [0.15, 0.2) is 18.2 Å². The highest BCUT2D eigenvalue weighted by Crippen LogP contribution is 2.27. The van der Waals surface area contributed by atoms with E-state index in [1.165, 1.54) is 23.1 Å². The summed E-state index contributed by atoms with van der Waals surface area (Å²) in [4.78, 5) is 26.9. The second kappa shape index (κ2) is 4.94. The monoisotopic (exact) mass is 297 g/mol. The molecule has 2 aliphatic rings. The van der Waals surface area contributed by atoms with Crippen molar-refractivity contribution in [1.82, 2.24) is 9.80 Å². The van der Waals surface area contributed by atoms with Crippen molar-refractivity contribution >= 4 is 29.2 Å². The summed E-state index contributed by atoms with van der Waals surface area (Å²) < 4.78 is 13.0. The van der Waals surface area contributed by atoms with Crippen LogP contribution in [0.4, 0.5) is 14.9 Å². The van der Waals surface area contributed by atoms with Gasteiger partial charge in [-0.1, -0.05) is 11.6 Å². The number of carbonyl (C=O) groups is 2. The molecule has 106 valence electrons. The number of amides is 3. The first kappa shape index (κ1) is 13.2. The van der Waals surface area contributed by atoms with Gasteiger partial charge in [-0.3, -0.25) is 4.79 Å². The van der Waals surface area contributed by atoms with Crippen LogP contribution in [0.2, 0.25) is 5.02 Å². The first-order valence-corrected chi connectivity index (χ1v) is 6.76. The van der Waals surface area contributed by atoms with Crippen molar-refractivity contribution in [1.29, 1.82) is 0 Å². The van der Waals surface area contributed by atoms with E-state index < -0.39 is 5.82 Å². The zero-order valence-corrected chi connectivity index (χ0v) is 11.4. The molecule has 1 aromatic carbocycles. The fraction of sp³-hybridized carbons (Fsp3) is 0.385. The lowest BCUT2D eigenvalue weighted by molar-refractivity contribution is -0.127. The van der Waals surface area contributed by atoms with Crippen molar-refractivity contribution in [3.63, 3.8) is 0 Å². The van der Waals surface area contributed by atoms with E-state index in [4.69, 9.17) is 11.6 Å². The fourth-order valence-corrected chi connectivity index (χ4v) is 2.78. The highest BCUT2D eigenvalue weighted by molar-refractivity contribution is 6.31. The Morgan fingerprint density at radius 2 is 2.20 bits per heavy atom. The number of anilines is 1. The predicted octanol–water partition coefficient (Wildman–Crippen LogP) is 2.28. The van der Waals surface area contributed by atoms with E-state index in [-0.39, 0.29) is 29.7 Å². The molecule has 0 saturated carbocycles. The molecule has 0 aliphatic carbocycles. The highest BCUT2D eigenvalue weighted by atomic mass is 35.5. The van der Waals surface area contributed by atoms with Gasteiger partial charge in [0.05, 0.1) is 11.7 Å². The molecule has 5 nitrogen and oxygen atoms in total. The smallest absolute Gasteiger partial charge is 0.328 e. The lowest BCUT2D eigenvalue weighted by atomic mass is 10.2. The van der Waals surface area contributed by atoms with Crippen LogP contribution in [0.1, 0.15) is 12.8 Å². The zero-order valence-electron chi connectivity index (χ0n) is 10.6. The molecule has 0 radical (unpaired) electrons. The maximum Gasteiger partial charge on any atom is 0.328 e. The van der Waals surface area contributed by atoms with Gasteiger partial charge >= 0.3 is 6.03 Å². The Bertz CT molecular complexity index is 559. The van der Waals surface area contributed by atoms with Gasteiger partial charge < -0.3 is 10.2 Å². The minimum absolute atomic E-state index is 0.00491. The number of fused-ring (bicyclic) bond motifs is 1. The number of hydrogen-bond acceptors (Lipinski definition) is 3. The fourth-order valence-electron chi connectivity index (χ4n) is 2.60. The van der Waals surface area contributed by atoms with Gasteiger partial charge in [-0.05, 0) is 31.0 Å². The van der Waals surface area contributed by atoms with Gasteiger partial charge in [0.15, 0.2) is 0 Å². The summed E-state index contributed by atoms with van der Waals surface area (Å²) >= 11 is 5.67. The maximum absolute atomic E-state index is 13.0. The summed E-state index contributed by atoms with van der Waals surface area (Å²) in [6.45, 7) is 0.695. The second-order valence-electron chi connectivity index (χ2n) is 4.86. The van der Waals surface area contributed by atoms with E-state index in [1.54, 1.807) is 4.90 Å². The van der Waals surface area contributed by atoms with Crippen molar-refractivity contribution in [2.75, 3.05) is 18.5 Å². The minimum Gasteiger partial charge on any atom is -0.367 e. The van der Waals surface area contributed by atoms with Gasteiger partial charge in [-0.15, -0.1) is 0 Å². The van der Waals surface area contributed by atoms with E-state index in [0.717, 1.165) is 12.8 Å². The topological polar surface area (TPSA) is 52.7 Å². The third kappa shape index (κ3) is 2.10. The average molecular weight is 298 g/mol.